The molecule has 0 unspecified atom stereocenters. The van der Waals surface area contributed by atoms with Crippen LogP contribution in [0.1, 0.15) is 47.8 Å². The summed E-state index contributed by atoms with van der Waals surface area (Å²) < 4.78 is 28.6. The second-order valence-corrected chi connectivity index (χ2v) is 9.50. The zero-order valence-electron chi connectivity index (χ0n) is 17.1. The normalized spacial score (nSPS) is 12.4. The molecule has 0 saturated heterocycles. The van der Waals surface area contributed by atoms with Crippen LogP contribution >= 0.6 is 0 Å². The number of amides is 1. The molecule has 0 spiro atoms. The van der Waals surface area contributed by atoms with Gasteiger partial charge in [-0.05, 0) is 42.5 Å². The monoisotopic (exact) mass is 417 g/mol. The van der Waals surface area contributed by atoms with E-state index in [-0.39, 0.29) is 16.5 Å². The molecule has 2 aromatic rings. The van der Waals surface area contributed by atoms with E-state index < -0.39 is 28.3 Å². The van der Waals surface area contributed by atoms with Gasteiger partial charge in [-0.15, -0.1) is 0 Å². The Morgan fingerprint density at radius 1 is 1.07 bits per heavy atom. The quantitative estimate of drug-likeness (QED) is 0.665. The molecule has 0 bridgehead atoms. The van der Waals surface area contributed by atoms with Gasteiger partial charge in [-0.1, -0.05) is 50.2 Å². The SMILES string of the molecule is Cc1ccc(S(C)(=O)=O)cc1C(=O)OCC(=O)N[C@H](CC(C)C)c1ccccc1. The number of carbonyl (C=O) groups is 2. The van der Waals surface area contributed by atoms with E-state index in [2.05, 4.69) is 19.2 Å². The molecule has 29 heavy (non-hydrogen) atoms. The molecule has 0 aromatic heterocycles. The van der Waals surface area contributed by atoms with Crippen molar-refractivity contribution in [3.05, 3.63) is 65.2 Å². The summed E-state index contributed by atoms with van der Waals surface area (Å²) in [6.45, 7) is 5.37. The lowest BCUT2D eigenvalue weighted by atomic mass is 9.97. The highest BCUT2D eigenvalue weighted by molar-refractivity contribution is 7.90. The van der Waals surface area contributed by atoms with Crippen molar-refractivity contribution in [1.29, 1.82) is 0 Å². The first-order valence-corrected chi connectivity index (χ1v) is 11.3. The van der Waals surface area contributed by atoms with Gasteiger partial charge in [0.2, 0.25) is 0 Å². The van der Waals surface area contributed by atoms with Crippen molar-refractivity contribution in [1.82, 2.24) is 5.32 Å². The number of hydrogen-bond donors (Lipinski definition) is 1. The van der Waals surface area contributed by atoms with Crippen LogP contribution in [-0.2, 0) is 19.4 Å². The van der Waals surface area contributed by atoms with Crippen molar-refractivity contribution >= 4 is 21.7 Å². The van der Waals surface area contributed by atoms with Crippen molar-refractivity contribution < 1.29 is 22.7 Å². The molecule has 6 nitrogen and oxygen atoms in total. The van der Waals surface area contributed by atoms with Gasteiger partial charge in [0, 0.05) is 6.26 Å². The number of sulfone groups is 1. The molecular weight excluding hydrogens is 390 g/mol. The van der Waals surface area contributed by atoms with E-state index in [0.29, 0.717) is 11.5 Å². The summed E-state index contributed by atoms with van der Waals surface area (Å²) in [6, 6.07) is 13.7. The number of ether oxygens (including phenoxy) is 1. The highest BCUT2D eigenvalue weighted by Crippen LogP contribution is 2.21. The first-order valence-electron chi connectivity index (χ1n) is 9.40. The lowest BCUT2D eigenvalue weighted by Crippen LogP contribution is -2.33. The third kappa shape index (κ3) is 6.71. The van der Waals surface area contributed by atoms with Gasteiger partial charge >= 0.3 is 5.97 Å². The highest BCUT2D eigenvalue weighted by Gasteiger charge is 2.19. The van der Waals surface area contributed by atoms with Crippen LogP contribution in [0.5, 0.6) is 0 Å². The second-order valence-electron chi connectivity index (χ2n) is 7.49. The van der Waals surface area contributed by atoms with Crippen molar-refractivity contribution in [2.75, 3.05) is 12.9 Å². The number of rotatable bonds is 8. The van der Waals surface area contributed by atoms with Gasteiger partial charge in [0.1, 0.15) is 0 Å². The van der Waals surface area contributed by atoms with Gasteiger partial charge in [-0.25, -0.2) is 13.2 Å². The lowest BCUT2D eigenvalue weighted by Gasteiger charge is -2.21. The minimum Gasteiger partial charge on any atom is -0.452 e. The highest BCUT2D eigenvalue weighted by atomic mass is 32.2. The van der Waals surface area contributed by atoms with Crippen molar-refractivity contribution in [2.24, 2.45) is 5.92 Å². The maximum absolute atomic E-state index is 12.4. The maximum Gasteiger partial charge on any atom is 0.338 e. The summed E-state index contributed by atoms with van der Waals surface area (Å²) in [5.74, 6) is -0.780. The summed E-state index contributed by atoms with van der Waals surface area (Å²) in [5, 5.41) is 2.91. The smallest absolute Gasteiger partial charge is 0.338 e. The van der Waals surface area contributed by atoms with E-state index in [4.69, 9.17) is 4.74 Å². The van der Waals surface area contributed by atoms with Crippen LogP contribution in [0, 0.1) is 12.8 Å². The number of carbonyl (C=O) groups excluding carboxylic acids is 2. The van der Waals surface area contributed by atoms with Crippen LogP contribution in [0.2, 0.25) is 0 Å². The van der Waals surface area contributed by atoms with E-state index >= 15 is 0 Å². The van der Waals surface area contributed by atoms with Crippen molar-refractivity contribution in [3.63, 3.8) is 0 Å². The first kappa shape index (κ1) is 22.6. The number of benzene rings is 2. The van der Waals surface area contributed by atoms with Gasteiger partial charge in [0.05, 0.1) is 16.5 Å². The summed E-state index contributed by atoms with van der Waals surface area (Å²) in [6.07, 6.45) is 1.82. The van der Waals surface area contributed by atoms with E-state index in [1.54, 1.807) is 13.0 Å². The Kier molecular flexibility index (Phi) is 7.56. The van der Waals surface area contributed by atoms with Crippen molar-refractivity contribution in [2.45, 2.75) is 38.1 Å². The molecule has 0 aliphatic heterocycles. The van der Waals surface area contributed by atoms with E-state index in [0.717, 1.165) is 18.2 Å². The Bertz CT molecular complexity index is 968. The van der Waals surface area contributed by atoms with Crippen LogP contribution < -0.4 is 5.32 Å². The Morgan fingerprint density at radius 3 is 2.31 bits per heavy atom. The first-order chi connectivity index (χ1) is 13.6. The topological polar surface area (TPSA) is 89.5 Å². The largest absolute Gasteiger partial charge is 0.452 e. The van der Waals surface area contributed by atoms with Gasteiger partial charge in [0.25, 0.3) is 5.91 Å². The van der Waals surface area contributed by atoms with Crippen molar-refractivity contribution in [3.8, 4) is 0 Å². The summed E-state index contributed by atoms with van der Waals surface area (Å²) in [5.41, 5.74) is 1.69. The fourth-order valence-electron chi connectivity index (χ4n) is 2.93. The lowest BCUT2D eigenvalue weighted by molar-refractivity contribution is -0.125. The zero-order chi connectivity index (χ0) is 21.6. The van der Waals surface area contributed by atoms with Crippen LogP contribution in [0.3, 0.4) is 0 Å². The predicted octanol–water partition coefficient (Wildman–Crippen LogP) is 3.46. The molecule has 0 fully saturated rings. The van der Waals surface area contributed by atoms with Crippen LogP contribution in [0.25, 0.3) is 0 Å². The van der Waals surface area contributed by atoms with E-state index in [9.17, 15) is 18.0 Å². The van der Waals surface area contributed by atoms with Crippen LogP contribution in [0.4, 0.5) is 0 Å². The molecule has 7 heteroatoms. The standard InChI is InChI=1S/C22H27NO5S/c1-15(2)12-20(17-8-6-5-7-9-17)23-21(24)14-28-22(25)19-13-18(29(4,26)27)11-10-16(19)3/h5-11,13,15,20H,12,14H2,1-4H3,(H,23,24)/t20-/m1/s1. The molecule has 0 aliphatic rings. The summed E-state index contributed by atoms with van der Waals surface area (Å²) >= 11 is 0. The second kappa shape index (κ2) is 9.69. The number of nitrogens with one attached hydrogen (secondary N) is 1. The Balaban J connectivity index is 2.05. The molecule has 0 aliphatic carbocycles. The van der Waals surface area contributed by atoms with Gasteiger partial charge in [-0.3, -0.25) is 4.79 Å². The predicted molar refractivity (Wildman–Crippen MR) is 111 cm³/mol. The van der Waals surface area contributed by atoms with Crippen LogP contribution in [0.15, 0.2) is 53.4 Å². The molecule has 1 amide bonds. The molecule has 1 N–H and O–H groups in total. The van der Waals surface area contributed by atoms with E-state index in [1.165, 1.54) is 12.1 Å². The zero-order valence-corrected chi connectivity index (χ0v) is 18.0. The molecule has 2 aromatic carbocycles. The average molecular weight is 418 g/mol. The number of aryl methyl sites for hydroxylation is 1. The molecular formula is C22H27NO5S. The molecule has 0 heterocycles. The van der Waals surface area contributed by atoms with E-state index in [1.807, 2.05) is 30.3 Å². The Labute approximate surface area is 172 Å². The Morgan fingerprint density at radius 2 is 1.72 bits per heavy atom. The number of esters is 1. The molecule has 0 saturated carbocycles. The minimum atomic E-state index is -3.45. The van der Waals surface area contributed by atoms with Gasteiger partial charge < -0.3 is 10.1 Å². The third-order valence-corrected chi connectivity index (χ3v) is 5.55. The third-order valence-electron chi connectivity index (χ3n) is 4.44. The minimum absolute atomic E-state index is 0.0283. The molecule has 1 atom stereocenters. The summed E-state index contributed by atoms with van der Waals surface area (Å²) in [7, 11) is -3.45. The van der Waals surface area contributed by atoms with Crippen LogP contribution in [-0.4, -0.2) is 33.2 Å². The molecule has 156 valence electrons. The molecule has 0 radical (unpaired) electrons. The number of hydrogen-bond acceptors (Lipinski definition) is 5. The molecule has 2 rings (SSSR count). The Hall–Kier alpha value is -2.67. The van der Waals surface area contributed by atoms with Gasteiger partial charge in [0.15, 0.2) is 16.4 Å². The summed E-state index contributed by atoms with van der Waals surface area (Å²) in [4.78, 5) is 24.8. The maximum atomic E-state index is 12.4. The average Bonchev–Trinajstić information content (AvgIpc) is 2.65. The fourth-order valence-corrected chi connectivity index (χ4v) is 3.58. The van der Waals surface area contributed by atoms with Gasteiger partial charge in [-0.2, -0.15) is 0 Å². The fraction of sp³-hybridized carbons (Fsp3) is 0.364.